The van der Waals surface area contributed by atoms with Gasteiger partial charge < -0.3 is 21.1 Å². The minimum Gasteiger partial charge on any atom is -0.444 e. The Bertz CT molecular complexity index is 387. The van der Waals surface area contributed by atoms with Crippen LogP contribution >= 0.6 is 24.0 Å². The van der Waals surface area contributed by atoms with Gasteiger partial charge in [0.1, 0.15) is 5.60 Å². The number of carbonyl (C=O) groups is 1. The van der Waals surface area contributed by atoms with Gasteiger partial charge >= 0.3 is 6.09 Å². The van der Waals surface area contributed by atoms with Gasteiger partial charge in [0.05, 0.1) is 12.1 Å². The molecule has 1 fully saturated rings. The van der Waals surface area contributed by atoms with Gasteiger partial charge in [-0.05, 0) is 53.4 Å². The molecule has 1 saturated carbocycles. The number of aliphatic imine (C=N–C) groups is 1. The average molecular weight is 426 g/mol. The van der Waals surface area contributed by atoms with Crippen molar-refractivity contribution >= 4 is 36.0 Å². The van der Waals surface area contributed by atoms with Crippen LogP contribution < -0.4 is 16.4 Å². The molecule has 6 nitrogen and oxygen atoms in total. The van der Waals surface area contributed by atoms with Gasteiger partial charge in [-0.15, -0.1) is 24.0 Å². The molecule has 1 aliphatic rings. The van der Waals surface area contributed by atoms with E-state index >= 15 is 0 Å². The smallest absolute Gasteiger partial charge is 0.408 e. The molecule has 0 spiro atoms. The molecule has 1 rings (SSSR count). The van der Waals surface area contributed by atoms with Crippen LogP contribution in [0.5, 0.6) is 0 Å². The van der Waals surface area contributed by atoms with Crippen molar-refractivity contribution in [2.24, 2.45) is 16.6 Å². The Labute approximate surface area is 151 Å². The summed E-state index contributed by atoms with van der Waals surface area (Å²) in [5, 5.41) is 5.94. The van der Waals surface area contributed by atoms with E-state index in [1.807, 2.05) is 34.6 Å². The maximum atomic E-state index is 11.8. The van der Waals surface area contributed by atoms with Crippen LogP contribution in [-0.2, 0) is 4.74 Å². The molecule has 22 heavy (non-hydrogen) atoms. The standard InChI is InChI=1S/C15H30N4O2.HI/c1-14(2,3)21-13(20)19-15(4,5)10-18-12(16)17-9-11-7-6-8-11;/h11H,6-10H2,1-5H3,(H,19,20)(H3,16,17,18);1H. The van der Waals surface area contributed by atoms with Crippen LogP contribution in [0.3, 0.4) is 0 Å². The van der Waals surface area contributed by atoms with Crippen molar-refractivity contribution in [1.29, 1.82) is 0 Å². The highest BCUT2D eigenvalue weighted by Gasteiger charge is 2.24. The third kappa shape index (κ3) is 9.32. The van der Waals surface area contributed by atoms with Crippen LogP contribution in [0.25, 0.3) is 0 Å². The number of hydrogen-bond acceptors (Lipinski definition) is 3. The average Bonchev–Trinajstić information content (AvgIpc) is 2.20. The van der Waals surface area contributed by atoms with Crippen LogP contribution in [0, 0.1) is 5.92 Å². The Kier molecular flexibility index (Phi) is 8.49. The summed E-state index contributed by atoms with van der Waals surface area (Å²) in [5.41, 5.74) is 4.82. The van der Waals surface area contributed by atoms with E-state index in [2.05, 4.69) is 15.6 Å². The van der Waals surface area contributed by atoms with Crippen LogP contribution in [0.15, 0.2) is 4.99 Å². The molecule has 0 saturated heterocycles. The van der Waals surface area contributed by atoms with E-state index in [-0.39, 0.29) is 24.0 Å². The normalized spacial score (nSPS) is 16.3. The summed E-state index contributed by atoms with van der Waals surface area (Å²) in [4.78, 5) is 16.0. The Balaban J connectivity index is 0.00000441. The first-order valence-corrected chi connectivity index (χ1v) is 7.62. The molecule has 0 aromatic rings. The van der Waals surface area contributed by atoms with E-state index in [1.165, 1.54) is 19.3 Å². The Hall–Kier alpha value is -0.730. The number of guanidine groups is 1. The minimum atomic E-state index is -0.509. The maximum absolute atomic E-state index is 11.8. The summed E-state index contributed by atoms with van der Waals surface area (Å²) >= 11 is 0. The third-order valence-corrected chi connectivity index (χ3v) is 3.28. The van der Waals surface area contributed by atoms with Gasteiger partial charge in [0.15, 0.2) is 5.96 Å². The fraction of sp³-hybridized carbons (Fsp3) is 0.867. The molecule has 1 aliphatic carbocycles. The minimum absolute atomic E-state index is 0. The summed E-state index contributed by atoms with van der Waals surface area (Å²) in [6.07, 6.45) is 3.41. The van der Waals surface area contributed by atoms with Gasteiger partial charge in [-0.25, -0.2) is 4.79 Å². The van der Waals surface area contributed by atoms with Crippen LogP contribution in [-0.4, -0.2) is 36.3 Å². The number of amides is 1. The fourth-order valence-electron chi connectivity index (χ4n) is 1.90. The number of alkyl carbamates (subject to hydrolysis) is 1. The van der Waals surface area contributed by atoms with E-state index in [0.717, 1.165) is 12.5 Å². The highest BCUT2D eigenvalue weighted by molar-refractivity contribution is 14.0. The molecule has 0 atom stereocenters. The molecule has 7 heteroatoms. The third-order valence-electron chi connectivity index (χ3n) is 3.28. The lowest BCUT2D eigenvalue weighted by Crippen LogP contribution is -2.48. The van der Waals surface area contributed by atoms with Gasteiger partial charge in [-0.3, -0.25) is 4.99 Å². The Morgan fingerprint density at radius 2 is 1.86 bits per heavy atom. The number of halogens is 1. The number of carbonyl (C=O) groups excluding carboxylic acids is 1. The molecule has 0 bridgehead atoms. The predicted molar refractivity (Wildman–Crippen MR) is 101 cm³/mol. The maximum Gasteiger partial charge on any atom is 0.408 e. The molecule has 1 amide bonds. The lowest BCUT2D eigenvalue weighted by Gasteiger charge is -2.28. The summed E-state index contributed by atoms with van der Waals surface area (Å²) in [6, 6.07) is 0. The van der Waals surface area contributed by atoms with Gasteiger partial charge in [-0.2, -0.15) is 0 Å². The number of nitrogens with zero attached hydrogens (tertiary/aromatic N) is 1. The van der Waals surface area contributed by atoms with E-state index < -0.39 is 17.2 Å². The molecular formula is C15H31IN4O2. The van der Waals surface area contributed by atoms with Crippen molar-refractivity contribution < 1.29 is 9.53 Å². The second-order valence-corrected chi connectivity index (χ2v) is 7.39. The summed E-state index contributed by atoms with van der Waals surface area (Å²) < 4.78 is 5.24. The molecule has 0 radical (unpaired) electrons. The topological polar surface area (TPSA) is 88.7 Å². The number of ether oxygens (including phenoxy) is 1. The molecule has 0 aromatic heterocycles. The highest BCUT2D eigenvalue weighted by Crippen LogP contribution is 2.24. The van der Waals surface area contributed by atoms with Crippen molar-refractivity contribution in [3.63, 3.8) is 0 Å². The summed E-state index contributed by atoms with van der Waals surface area (Å²) in [6.45, 7) is 10.6. The first-order chi connectivity index (χ1) is 9.57. The first kappa shape index (κ1) is 21.3. The Morgan fingerprint density at radius 1 is 1.27 bits per heavy atom. The zero-order chi connectivity index (χ0) is 16.1. The number of hydrogen-bond donors (Lipinski definition) is 3. The largest absolute Gasteiger partial charge is 0.444 e. The lowest BCUT2D eigenvalue weighted by atomic mass is 9.85. The van der Waals surface area contributed by atoms with E-state index in [1.54, 1.807) is 0 Å². The van der Waals surface area contributed by atoms with Crippen LogP contribution in [0.4, 0.5) is 4.79 Å². The van der Waals surface area contributed by atoms with E-state index in [4.69, 9.17) is 10.5 Å². The van der Waals surface area contributed by atoms with Gasteiger partial charge in [-0.1, -0.05) is 6.42 Å². The van der Waals surface area contributed by atoms with Crippen molar-refractivity contribution in [3.05, 3.63) is 0 Å². The van der Waals surface area contributed by atoms with E-state index in [0.29, 0.717) is 12.5 Å². The fourth-order valence-corrected chi connectivity index (χ4v) is 1.90. The molecule has 0 aromatic carbocycles. The molecule has 130 valence electrons. The molecular weight excluding hydrogens is 395 g/mol. The first-order valence-electron chi connectivity index (χ1n) is 7.62. The molecule has 4 N–H and O–H groups in total. The zero-order valence-corrected chi connectivity index (χ0v) is 16.7. The van der Waals surface area contributed by atoms with Gasteiger partial charge in [0.2, 0.25) is 0 Å². The molecule has 0 aliphatic heterocycles. The second-order valence-electron chi connectivity index (χ2n) is 7.39. The van der Waals surface area contributed by atoms with Crippen molar-refractivity contribution in [2.75, 3.05) is 13.1 Å². The van der Waals surface area contributed by atoms with Crippen molar-refractivity contribution in [3.8, 4) is 0 Å². The molecule has 0 unspecified atom stereocenters. The highest BCUT2D eigenvalue weighted by atomic mass is 127. The number of nitrogens with two attached hydrogens (primary N) is 1. The SMILES string of the molecule is CC(C)(CN=C(N)NCC1CCC1)NC(=O)OC(C)(C)C.I. The van der Waals surface area contributed by atoms with E-state index in [9.17, 15) is 4.79 Å². The summed E-state index contributed by atoms with van der Waals surface area (Å²) in [5.74, 6) is 1.16. The molecule has 0 heterocycles. The van der Waals surface area contributed by atoms with Crippen molar-refractivity contribution in [1.82, 2.24) is 10.6 Å². The van der Waals surface area contributed by atoms with Gasteiger partial charge in [0, 0.05) is 6.54 Å². The number of rotatable bonds is 5. The summed E-state index contributed by atoms with van der Waals surface area (Å²) in [7, 11) is 0. The monoisotopic (exact) mass is 426 g/mol. The zero-order valence-electron chi connectivity index (χ0n) is 14.4. The van der Waals surface area contributed by atoms with Gasteiger partial charge in [0.25, 0.3) is 0 Å². The quantitative estimate of drug-likeness (QED) is 0.358. The second kappa shape index (κ2) is 8.79. The van der Waals surface area contributed by atoms with Crippen molar-refractivity contribution in [2.45, 2.75) is 65.0 Å². The van der Waals surface area contributed by atoms with Crippen LogP contribution in [0.2, 0.25) is 0 Å². The Morgan fingerprint density at radius 3 is 2.32 bits per heavy atom. The number of nitrogens with one attached hydrogen (secondary N) is 2. The van der Waals surface area contributed by atoms with Crippen LogP contribution in [0.1, 0.15) is 53.9 Å². The lowest BCUT2D eigenvalue weighted by molar-refractivity contribution is 0.0476. The predicted octanol–water partition coefficient (Wildman–Crippen LogP) is 2.61.